The molecule has 0 radical (unpaired) electrons. The standard InChI is InChI=1S/C17H18N2O3SSe/c18-14(17(21)22)11-23-24-15-9-5-4-8-13(15)16(20)19-10-12-6-2-1-3-7-12/h1-9,14H,10-11,18H2,(H,19,20)(H,21,22)/t14-/m0/s1. The molecule has 0 heterocycles. The van der Waals surface area contributed by atoms with Crippen molar-refractivity contribution in [2.24, 2.45) is 5.73 Å². The molecule has 0 fully saturated rings. The van der Waals surface area contributed by atoms with Crippen molar-refractivity contribution >= 4 is 40.4 Å². The zero-order valence-corrected chi connectivity index (χ0v) is 15.4. The molecule has 0 saturated carbocycles. The van der Waals surface area contributed by atoms with E-state index in [9.17, 15) is 9.59 Å². The third-order valence-corrected chi connectivity index (χ3v) is 7.41. The fourth-order valence-corrected chi connectivity index (χ4v) is 6.04. The summed E-state index contributed by atoms with van der Waals surface area (Å²) in [7, 11) is 1.47. The molecule has 0 aliphatic rings. The molecule has 0 unspecified atom stereocenters. The molecule has 7 heteroatoms. The number of carboxylic acids is 1. The van der Waals surface area contributed by atoms with Crippen LogP contribution in [0.3, 0.4) is 0 Å². The second kappa shape index (κ2) is 9.49. The first-order chi connectivity index (χ1) is 11.6. The minimum absolute atomic E-state index is 0.0756. The van der Waals surface area contributed by atoms with E-state index in [1.54, 1.807) is 6.07 Å². The monoisotopic (exact) mass is 410 g/mol. The predicted molar refractivity (Wildman–Crippen MR) is 97.5 cm³/mol. The van der Waals surface area contributed by atoms with Gasteiger partial charge in [0.15, 0.2) is 0 Å². The summed E-state index contributed by atoms with van der Waals surface area (Å²) in [4.78, 5) is 23.2. The molecule has 24 heavy (non-hydrogen) atoms. The number of carbonyl (C=O) groups excluding carboxylic acids is 1. The Hall–Kier alpha value is -1.79. The summed E-state index contributed by atoms with van der Waals surface area (Å²) in [5, 5.41) is 11.7. The first-order valence-corrected chi connectivity index (χ1v) is 11.1. The summed E-state index contributed by atoms with van der Waals surface area (Å²) in [6, 6.07) is 16.2. The molecule has 4 N–H and O–H groups in total. The summed E-state index contributed by atoms with van der Waals surface area (Å²) in [5.74, 6) is -0.804. The maximum atomic E-state index is 12.4. The van der Waals surface area contributed by atoms with Crippen molar-refractivity contribution in [2.75, 3.05) is 5.75 Å². The Morgan fingerprint density at radius 2 is 1.79 bits per heavy atom. The van der Waals surface area contributed by atoms with Crippen LogP contribution in [-0.4, -0.2) is 42.6 Å². The van der Waals surface area contributed by atoms with Gasteiger partial charge in [-0.25, -0.2) is 0 Å². The number of rotatable bonds is 8. The van der Waals surface area contributed by atoms with Crippen molar-refractivity contribution in [3.8, 4) is 0 Å². The molecule has 5 nitrogen and oxygen atoms in total. The number of nitrogens with two attached hydrogens (primary N) is 1. The molecule has 2 rings (SSSR count). The molecule has 0 bridgehead atoms. The SMILES string of the molecule is N[C@@H](CS[Se]c1ccccc1C(=O)NCc1ccccc1)C(=O)O. The van der Waals surface area contributed by atoms with E-state index in [0.717, 1.165) is 10.0 Å². The Kier molecular flexibility index (Phi) is 7.34. The zero-order valence-electron chi connectivity index (χ0n) is 12.8. The van der Waals surface area contributed by atoms with Gasteiger partial charge in [0.2, 0.25) is 0 Å². The van der Waals surface area contributed by atoms with Gasteiger partial charge < -0.3 is 0 Å². The fraction of sp³-hybridized carbons (Fsp3) is 0.176. The molecule has 1 amide bonds. The van der Waals surface area contributed by atoms with Gasteiger partial charge >= 0.3 is 150 Å². The zero-order chi connectivity index (χ0) is 17.4. The number of hydrogen-bond donors (Lipinski definition) is 3. The van der Waals surface area contributed by atoms with Crippen LogP contribution in [0.15, 0.2) is 54.6 Å². The van der Waals surface area contributed by atoms with Crippen molar-refractivity contribution in [2.45, 2.75) is 12.6 Å². The van der Waals surface area contributed by atoms with Crippen LogP contribution < -0.4 is 15.5 Å². The summed E-state index contributed by atoms with van der Waals surface area (Å²) in [5.41, 5.74) is 7.17. The second-order valence-corrected chi connectivity index (χ2v) is 9.17. The average molecular weight is 409 g/mol. The molecular weight excluding hydrogens is 391 g/mol. The van der Waals surface area contributed by atoms with Crippen molar-refractivity contribution in [1.82, 2.24) is 5.32 Å². The topological polar surface area (TPSA) is 92.4 Å². The summed E-state index contributed by atoms with van der Waals surface area (Å²) >= 11 is -0.0756. The quantitative estimate of drug-likeness (QED) is 0.566. The molecule has 2 aromatic rings. The van der Waals surface area contributed by atoms with E-state index in [0.29, 0.717) is 17.9 Å². The van der Waals surface area contributed by atoms with E-state index in [1.165, 1.54) is 10.2 Å². The van der Waals surface area contributed by atoms with Crippen LogP contribution in [0.4, 0.5) is 0 Å². The van der Waals surface area contributed by atoms with Crippen molar-refractivity contribution < 1.29 is 14.7 Å². The van der Waals surface area contributed by atoms with E-state index in [4.69, 9.17) is 10.8 Å². The first kappa shape index (κ1) is 18.5. The van der Waals surface area contributed by atoms with Gasteiger partial charge in [-0.1, -0.05) is 0 Å². The van der Waals surface area contributed by atoms with Crippen LogP contribution in [0.2, 0.25) is 0 Å². The number of hydrogen-bond acceptors (Lipinski definition) is 4. The fourth-order valence-electron chi connectivity index (χ4n) is 1.84. The third-order valence-electron chi connectivity index (χ3n) is 3.14. The van der Waals surface area contributed by atoms with Crippen molar-refractivity contribution in [3.05, 3.63) is 65.7 Å². The number of carbonyl (C=O) groups is 2. The average Bonchev–Trinajstić information content (AvgIpc) is 2.60. The number of benzene rings is 2. The Balaban J connectivity index is 1.94. The number of nitrogens with one attached hydrogen (secondary N) is 1. The van der Waals surface area contributed by atoms with Crippen LogP contribution in [0, 0.1) is 0 Å². The van der Waals surface area contributed by atoms with E-state index >= 15 is 0 Å². The molecule has 0 aliphatic carbocycles. The van der Waals surface area contributed by atoms with Gasteiger partial charge in [-0.05, 0) is 0 Å². The van der Waals surface area contributed by atoms with Gasteiger partial charge in [0, 0.05) is 0 Å². The normalized spacial score (nSPS) is 11.7. The Morgan fingerprint density at radius 3 is 2.50 bits per heavy atom. The van der Waals surface area contributed by atoms with Crippen molar-refractivity contribution in [3.63, 3.8) is 0 Å². The van der Waals surface area contributed by atoms with Crippen LogP contribution >= 0.6 is 10.2 Å². The van der Waals surface area contributed by atoms with Gasteiger partial charge in [0.25, 0.3) is 0 Å². The summed E-state index contributed by atoms with van der Waals surface area (Å²) in [6.07, 6.45) is 0. The van der Waals surface area contributed by atoms with Crippen LogP contribution in [-0.2, 0) is 11.3 Å². The molecule has 0 saturated heterocycles. The van der Waals surface area contributed by atoms with Gasteiger partial charge in [-0.15, -0.1) is 0 Å². The second-order valence-electron chi connectivity index (χ2n) is 4.98. The van der Waals surface area contributed by atoms with E-state index < -0.39 is 12.0 Å². The summed E-state index contributed by atoms with van der Waals surface area (Å²) < 4.78 is 0.929. The van der Waals surface area contributed by atoms with Crippen molar-refractivity contribution in [1.29, 1.82) is 0 Å². The molecule has 2 aromatic carbocycles. The molecular formula is C17H18N2O3SSe. The number of amides is 1. The van der Waals surface area contributed by atoms with Crippen LogP contribution in [0.1, 0.15) is 15.9 Å². The molecule has 126 valence electrons. The van der Waals surface area contributed by atoms with Gasteiger partial charge in [0.1, 0.15) is 0 Å². The van der Waals surface area contributed by atoms with E-state index in [1.807, 2.05) is 48.5 Å². The molecule has 0 spiro atoms. The first-order valence-electron chi connectivity index (χ1n) is 7.27. The molecule has 0 aliphatic heterocycles. The Labute approximate surface area is 150 Å². The van der Waals surface area contributed by atoms with Gasteiger partial charge in [-0.2, -0.15) is 0 Å². The van der Waals surface area contributed by atoms with Crippen LogP contribution in [0.5, 0.6) is 0 Å². The van der Waals surface area contributed by atoms with Crippen LogP contribution in [0.25, 0.3) is 0 Å². The maximum absolute atomic E-state index is 12.4. The van der Waals surface area contributed by atoms with E-state index in [2.05, 4.69) is 5.32 Å². The Morgan fingerprint density at radius 1 is 1.12 bits per heavy atom. The molecule has 1 atom stereocenters. The number of carboxylic acid groups (broad SMARTS) is 1. The number of aliphatic carboxylic acids is 1. The predicted octanol–water partition coefficient (Wildman–Crippen LogP) is 1.01. The molecule has 0 aromatic heterocycles. The third kappa shape index (κ3) is 5.69. The minimum atomic E-state index is -1.01. The van der Waals surface area contributed by atoms with Gasteiger partial charge in [-0.3, -0.25) is 0 Å². The van der Waals surface area contributed by atoms with E-state index in [-0.39, 0.29) is 19.7 Å². The van der Waals surface area contributed by atoms with Gasteiger partial charge in [0.05, 0.1) is 0 Å². The summed E-state index contributed by atoms with van der Waals surface area (Å²) in [6.45, 7) is 0.470. The Bertz CT molecular complexity index is 697.